The van der Waals surface area contributed by atoms with Gasteiger partial charge in [0, 0.05) is 38.1 Å². The van der Waals surface area contributed by atoms with E-state index in [0.29, 0.717) is 17.9 Å². The third kappa shape index (κ3) is 2.42. The van der Waals surface area contributed by atoms with Gasteiger partial charge in [0.2, 0.25) is 11.9 Å². The van der Waals surface area contributed by atoms with E-state index >= 15 is 0 Å². The lowest BCUT2D eigenvalue weighted by Gasteiger charge is -2.38. The normalized spacial score (nSPS) is 20.3. The summed E-state index contributed by atoms with van der Waals surface area (Å²) in [6.07, 6.45) is 3.46. The zero-order valence-corrected chi connectivity index (χ0v) is 11.6. The second-order valence-electron chi connectivity index (χ2n) is 5.05. The minimum Gasteiger partial charge on any atom is -0.368 e. The first kappa shape index (κ1) is 12.8. The van der Waals surface area contributed by atoms with Crippen LogP contribution < -0.4 is 10.6 Å². The highest BCUT2D eigenvalue weighted by atomic mass is 15.4. The smallest absolute Gasteiger partial charge is 0.257 e. The van der Waals surface area contributed by atoms with E-state index in [1.54, 1.807) is 17.1 Å². The van der Waals surface area contributed by atoms with Crippen molar-refractivity contribution in [1.29, 1.82) is 0 Å². The summed E-state index contributed by atoms with van der Waals surface area (Å²) in [6, 6.07) is 2.15. The highest BCUT2D eigenvalue weighted by molar-refractivity contribution is 5.39. The monoisotopic (exact) mass is 274 g/mol. The van der Waals surface area contributed by atoms with Gasteiger partial charge in [0.15, 0.2) is 0 Å². The number of rotatable bonds is 2. The molecular weight excluding hydrogens is 256 g/mol. The molecule has 2 N–H and O–H groups in total. The maximum atomic E-state index is 5.80. The van der Waals surface area contributed by atoms with Gasteiger partial charge in [-0.1, -0.05) is 0 Å². The van der Waals surface area contributed by atoms with Gasteiger partial charge < -0.3 is 15.5 Å². The molecule has 2 aromatic heterocycles. The van der Waals surface area contributed by atoms with Crippen molar-refractivity contribution >= 4 is 11.9 Å². The maximum absolute atomic E-state index is 5.80. The van der Waals surface area contributed by atoms with Crippen LogP contribution in [0.5, 0.6) is 0 Å². The predicted octanol–water partition coefficient (Wildman–Crippen LogP) is -0.220. The molecule has 3 rings (SSSR count). The molecule has 1 aliphatic rings. The summed E-state index contributed by atoms with van der Waals surface area (Å²) >= 11 is 0. The molecule has 0 saturated carbocycles. The molecule has 1 atom stereocenters. The molecule has 8 heteroatoms. The minimum atomic E-state index is 0.214. The van der Waals surface area contributed by atoms with Crippen molar-refractivity contribution in [2.75, 3.05) is 37.3 Å². The van der Waals surface area contributed by atoms with Crippen LogP contribution in [0.15, 0.2) is 18.5 Å². The Kier molecular flexibility index (Phi) is 3.23. The Morgan fingerprint density at radius 1 is 1.20 bits per heavy atom. The number of hydrogen-bond acceptors (Lipinski definition) is 7. The zero-order valence-electron chi connectivity index (χ0n) is 11.6. The van der Waals surface area contributed by atoms with Crippen molar-refractivity contribution < 1.29 is 0 Å². The Morgan fingerprint density at radius 3 is 2.70 bits per heavy atom. The van der Waals surface area contributed by atoms with Gasteiger partial charge in [0.05, 0.1) is 0 Å². The summed E-state index contributed by atoms with van der Waals surface area (Å²) in [5, 5.41) is 4.13. The molecule has 0 aliphatic carbocycles. The van der Waals surface area contributed by atoms with Crippen molar-refractivity contribution in [3.05, 3.63) is 18.5 Å². The summed E-state index contributed by atoms with van der Waals surface area (Å²) in [7, 11) is 2.12. The number of likely N-dealkylation sites (N-methyl/N-ethyl adjacent to an activating group) is 1. The van der Waals surface area contributed by atoms with Crippen LogP contribution in [-0.2, 0) is 0 Å². The van der Waals surface area contributed by atoms with Gasteiger partial charge in [-0.2, -0.15) is 20.1 Å². The first-order chi connectivity index (χ1) is 9.63. The van der Waals surface area contributed by atoms with Crippen LogP contribution in [0.2, 0.25) is 0 Å². The largest absolute Gasteiger partial charge is 0.368 e. The average Bonchev–Trinajstić information content (AvgIpc) is 2.91. The molecule has 20 heavy (non-hydrogen) atoms. The van der Waals surface area contributed by atoms with Crippen LogP contribution in [0.25, 0.3) is 5.95 Å². The first-order valence-corrected chi connectivity index (χ1v) is 6.60. The van der Waals surface area contributed by atoms with Crippen LogP contribution >= 0.6 is 0 Å². The number of piperazine rings is 1. The third-order valence-corrected chi connectivity index (χ3v) is 3.43. The van der Waals surface area contributed by atoms with Gasteiger partial charge in [-0.05, 0) is 20.0 Å². The molecule has 1 aliphatic heterocycles. The van der Waals surface area contributed by atoms with E-state index in [1.807, 2.05) is 6.07 Å². The van der Waals surface area contributed by atoms with E-state index < -0.39 is 0 Å². The maximum Gasteiger partial charge on any atom is 0.257 e. The summed E-state index contributed by atoms with van der Waals surface area (Å²) < 4.78 is 1.59. The molecular formula is C12H18N8. The van der Waals surface area contributed by atoms with Gasteiger partial charge in [-0.15, -0.1) is 0 Å². The quantitative estimate of drug-likeness (QED) is 0.809. The van der Waals surface area contributed by atoms with E-state index in [1.165, 1.54) is 0 Å². The molecule has 0 radical (unpaired) electrons. The van der Waals surface area contributed by atoms with Gasteiger partial charge in [0.1, 0.15) is 0 Å². The fourth-order valence-corrected chi connectivity index (χ4v) is 2.42. The van der Waals surface area contributed by atoms with Gasteiger partial charge in [-0.25, -0.2) is 4.68 Å². The van der Waals surface area contributed by atoms with E-state index in [2.05, 4.69) is 43.8 Å². The topological polar surface area (TPSA) is 89.0 Å². The molecule has 0 spiro atoms. The molecule has 3 heterocycles. The third-order valence-electron chi connectivity index (χ3n) is 3.43. The Labute approximate surface area is 117 Å². The minimum absolute atomic E-state index is 0.214. The Morgan fingerprint density at radius 2 is 2.00 bits per heavy atom. The van der Waals surface area contributed by atoms with Gasteiger partial charge >= 0.3 is 0 Å². The number of aromatic nitrogens is 5. The van der Waals surface area contributed by atoms with Crippen molar-refractivity contribution in [1.82, 2.24) is 29.6 Å². The van der Waals surface area contributed by atoms with Crippen LogP contribution in [0.3, 0.4) is 0 Å². The molecule has 8 nitrogen and oxygen atoms in total. The second kappa shape index (κ2) is 5.04. The molecule has 0 aromatic carbocycles. The van der Waals surface area contributed by atoms with Gasteiger partial charge in [0.25, 0.3) is 5.95 Å². The van der Waals surface area contributed by atoms with E-state index in [0.717, 1.165) is 19.6 Å². The Bertz CT molecular complexity index is 581. The second-order valence-corrected chi connectivity index (χ2v) is 5.05. The van der Waals surface area contributed by atoms with Crippen molar-refractivity contribution in [2.45, 2.75) is 13.0 Å². The number of anilines is 2. The molecule has 106 valence electrons. The number of nitrogen functional groups attached to an aromatic ring is 1. The lowest BCUT2D eigenvalue weighted by atomic mass is 10.2. The SMILES string of the molecule is CC1CN(C)CCN1c1nc(N)nc(-n2cccn2)n1. The fraction of sp³-hybridized carbons (Fsp3) is 0.500. The average molecular weight is 274 g/mol. The lowest BCUT2D eigenvalue weighted by Crippen LogP contribution is -2.51. The fourth-order valence-electron chi connectivity index (χ4n) is 2.42. The summed E-state index contributed by atoms with van der Waals surface area (Å²) in [5.74, 6) is 1.28. The molecule has 2 aromatic rings. The van der Waals surface area contributed by atoms with Crippen LogP contribution in [0.4, 0.5) is 11.9 Å². The number of hydrogen-bond donors (Lipinski definition) is 1. The van der Waals surface area contributed by atoms with Crippen molar-refractivity contribution in [2.24, 2.45) is 0 Å². The van der Waals surface area contributed by atoms with E-state index in [-0.39, 0.29) is 5.95 Å². The van der Waals surface area contributed by atoms with E-state index in [4.69, 9.17) is 5.73 Å². The predicted molar refractivity (Wildman–Crippen MR) is 75.7 cm³/mol. The van der Waals surface area contributed by atoms with Crippen molar-refractivity contribution in [3.63, 3.8) is 0 Å². The summed E-state index contributed by atoms with van der Waals surface area (Å²) in [6.45, 7) is 4.98. The highest BCUT2D eigenvalue weighted by Gasteiger charge is 2.24. The molecule has 1 fully saturated rings. The molecule has 1 saturated heterocycles. The standard InChI is InChI=1S/C12H18N8/c1-9-8-18(2)6-7-19(9)11-15-10(13)16-12(17-11)20-5-3-4-14-20/h3-5,9H,6-8H2,1-2H3,(H2,13,15,16,17). The van der Waals surface area contributed by atoms with Crippen LogP contribution in [-0.4, -0.2) is 62.4 Å². The van der Waals surface area contributed by atoms with E-state index in [9.17, 15) is 0 Å². The summed E-state index contributed by atoms with van der Waals surface area (Å²) in [4.78, 5) is 17.3. The van der Waals surface area contributed by atoms with Crippen molar-refractivity contribution in [3.8, 4) is 5.95 Å². The highest BCUT2D eigenvalue weighted by Crippen LogP contribution is 2.17. The van der Waals surface area contributed by atoms with Crippen LogP contribution in [0.1, 0.15) is 6.92 Å². The molecule has 0 amide bonds. The Balaban J connectivity index is 1.94. The Hall–Kier alpha value is -2.22. The van der Waals surface area contributed by atoms with Crippen LogP contribution in [0, 0.1) is 0 Å². The zero-order chi connectivity index (χ0) is 14.1. The summed E-state index contributed by atoms with van der Waals surface area (Å²) in [5.41, 5.74) is 5.80. The van der Waals surface area contributed by atoms with Gasteiger partial charge in [-0.3, -0.25) is 0 Å². The lowest BCUT2D eigenvalue weighted by molar-refractivity contribution is 0.273. The molecule has 0 bridgehead atoms. The number of nitrogens with zero attached hydrogens (tertiary/aromatic N) is 7. The number of nitrogens with two attached hydrogens (primary N) is 1. The molecule has 1 unspecified atom stereocenters. The first-order valence-electron chi connectivity index (χ1n) is 6.60.